The second-order valence-electron chi connectivity index (χ2n) is 9.90. The van der Waals surface area contributed by atoms with Crippen LogP contribution in [-0.4, -0.2) is 129 Å². The largest absolute Gasteiger partial charge is 0.324 e. The van der Waals surface area contributed by atoms with E-state index < -0.39 is 0 Å². The minimum atomic E-state index is -0.335. The number of carbonyl (C=O) groups is 4. The molecule has 2 N–H and O–H groups in total. The fraction of sp³-hybridized carbons (Fsp3) is 0.500. The second kappa shape index (κ2) is 24.5. The first-order valence-corrected chi connectivity index (χ1v) is 22.2. The van der Waals surface area contributed by atoms with Gasteiger partial charge in [0.2, 0.25) is 0 Å². The summed E-state index contributed by atoms with van der Waals surface area (Å²) in [6.07, 6.45) is 0. The van der Waals surface area contributed by atoms with Crippen molar-refractivity contribution in [2.75, 3.05) is 95.2 Å². The summed E-state index contributed by atoms with van der Waals surface area (Å²) in [4.78, 5) is 52.5. The molecule has 2 aliphatic heterocycles. The lowest BCUT2D eigenvalue weighted by molar-refractivity contribution is 0.0943. The summed E-state index contributed by atoms with van der Waals surface area (Å²) in [5.41, 5.74) is 1.02. The van der Waals surface area contributed by atoms with Crippen molar-refractivity contribution < 1.29 is 19.2 Å². The maximum atomic E-state index is 12.4. The molecule has 4 rings (SSSR count). The van der Waals surface area contributed by atoms with Crippen LogP contribution in [0.3, 0.4) is 0 Å². The molecule has 0 aliphatic carbocycles. The van der Waals surface area contributed by atoms with E-state index in [0.717, 1.165) is 46.0 Å². The number of hydrogen-bond acceptors (Lipinski definition) is 10. The van der Waals surface area contributed by atoms with Gasteiger partial charge in [0.1, 0.15) is 0 Å². The summed E-state index contributed by atoms with van der Waals surface area (Å²) in [6.45, 7) is 2.74. The molecule has 2 heterocycles. The van der Waals surface area contributed by atoms with Gasteiger partial charge in [-0.15, -0.1) is 0 Å². The third kappa shape index (κ3) is 16.5. The van der Waals surface area contributed by atoms with E-state index in [9.17, 15) is 19.2 Å². The highest BCUT2D eigenvalue weighted by molar-refractivity contribution is 8.05. The minimum Gasteiger partial charge on any atom is -0.323 e. The topological polar surface area (TPSA) is 98.8 Å². The van der Waals surface area contributed by atoms with Gasteiger partial charge in [-0.05, 0) is 24.3 Å². The third-order valence-electron chi connectivity index (χ3n) is 6.60. The summed E-state index contributed by atoms with van der Waals surface area (Å²) in [6, 6.07) is 17.1. The highest BCUT2D eigenvalue weighted by atomic mass is 32.2. The number of imide groups is 2. The maximum Gasteiger partial charge on any atom is 0.324 e. The van der Waals surface area contributed by atoms with Crippen molar-refractivity contribution in [3.63, 3.8) is 0 Å². The molecule has 14 heteroatoms. The molecule has 0 atom stereocenters. The van der Waals surface area contributed by atoms with E-state index in [1.54, 1.807) is 58.3 Å². The molecule has 0 saturated carbocycles. The average molecular weight is 741 g/mol. The Morgan fingerprint density at radius 1 is 0.413 bits per heavy atom. The molecule has 0 spiro atoms. The molecule has 0 aromatic heterocycles. The fourth-order valence-electron chi connectivity index (χ4n) is 4.09. The summed E-state index contributed by atoms with van der Waals surface area (Å²) in [5, 5.41) is 5.01. The SMILES string of the molecule is O=C(NC(=O)N1CCSCCSCCSCC1)c1ccccc1.O=C(NC(=O)N1CCSCCSCCSCC1)c1ccccc1. The zero-order valence-corrected chi connectivity index (χ0v) is 31.0. The standard InChI is InChI=1S/2C16H22N2O2S3/c2*19-15(14-4-2-1-3-5-14)17-16(20)18-6-8-21-10-12-23-13-11-22-9-7-18/h2*1-5H,6-13H2,(H,17,19,20). The molecule has 8 nitrogen and oxygen atoms in total. The monoisotopic (exact) mass is 740 g/mol. The predicted molar refractivity (Wildman–Crippen MR) is 206 cm³/mol. The maximum absolute atomic E-state index is 12.4. The number of hydrogen-bond donors (Lipinski definition) is 2. The molecule has 6 amide bonds. The van der Waals surface area contributed by atoms with Crippen molar-refractivity contribution in [2.45, 2.75) is 0 Å². The van der Waals surface area contributed by atoms with Gasteiger partial charge in [0.15, 0.2) is 0 Å². The van der Waals surface area contributed by atoms with Crippen LogP contribution in [0.25, 0.3) is 0 Å². The number of nitrogens with zero attached hydrogens (tertiary/aromatic N) is 2. The Bertz CT molecular complexity index is 1070. The Labute approximate surface area is 299 Å². The van der Waals surface area contributed by atoms with Gasteiger partial charge in [-0.1, -0.05) is 36.4 Å². The van der Waals surface area contributed by atoms with Crippen molar-refractivity contribution in [1.82, 2.24) is 20.4 Å². The van der Waals surface area contributed by atoms with E-state index in [1.807, 2.05) is 82.7 Å². The first kappa shape index (κ1) is 38.9. The second-order valence-corrected chi connectivity index (χ2v) is 17.2. The summed E-state index contributed by atoms with van der Waals surface area (Å²) in [5.74, 6) is 12.1. The first-order chi connectivity index (χ1) is 22.5. The van der Waals surface area contributed by atoms with E-state index in [0.29, 0.717) is 37.3 Å². The highest BCUT2D eigenvalue weighted by Gasteiger charge is 2.18. The van der Waals surface area contributed by atoms with Crippen LogP contribution in [0, 0.1) is 0 Å². The van der Waals surface area contributed by atoms with Crippen LogP contribution in [-0.2, 0) is 0 Å². The Balaban J connectivity index is 0.000000250. The minimum absolute atomic E-state index is 0.286. The van der Waals surface area contributed by atoms with Crippen molar-refractivity contribution in [1.29, 1.82) is 0 Å². The normalized spacial score (nSPS) is 17.7. The summed E-state index contributed by atoms with van der Waals surface area (Å²) in [7, 11) is 0. The predicted octanol–water partition coefficient (Wildman–Crippen LogP) is 6.10. The van der Waals surface area contributed by atoms with E-state index >= 15 is 0 Å². The molecular formula is C32H44N4O4S6. The van der Waals surface area contributed by atoms with Crippen molar-refractivity contribution in [3.05, 3.63) is 71.8 Å². The number of benzene rings is 2. The van der Waals surface area contributed by atoms with Crippen LogP contribution < -0.4 is 10.6 Å². The van der Waals surface area contributed by atoms with Gasteiger partial charge in [-0.2, -0.15) is 70.6 Å². The zero-order valence-electron chi connectivity index (χ0n) is 26.1. The van der Waals surface area contributed by atoms with Crippen molar-refractivity contribution in [3.8, 4) is 0 Å². The molecule has 2 fully saturated rings. The zero-order chi connectivity index (χ0) is 32.7. The molecule has 2 aromatic rings. The van der Waals surface area contributed by atoms with Crippen LogP contribution in [0.4, 0.5) is 9.59 Å². The molecule has 46 heavy (non-hydrogen) atoms. The van der Waals surface area contributed by atoms with Crippen LogP contribution in [0.15, 0.2) is 60.7 Å². The molecule has 252 valence electrons. The van der Waals surface area contributed by atoms with Gasteiger partial charge in [-0.25, -0.2) is 9.59 Å². The number of nitrogens with one attached hydrogen (secondary N) is 2. The van der Waals surface area contributed by atoms with Crippen LogP contribution >= 0.6 is 70.6 Å². The summed E-state index contributed by atoms with van der Waals surface area (Å²) < 4.78 is 0. The van der Waals surface area contributed by atoms with Gasteiger partial charge < -0.3 is 9.80 Å². The Hall–Kier alpha value is -1.58. The number of urea groups is 2. The molecular weight excluding hydrogens is 697 g/mol. The molecule has 0 unspecified atom stereocenters. The van der Waals surface area contributed by atoms with Crippen LogP contribution in [0.1, 0.15) is 20.7 Å². The van der Waals surface area contributed by atoms with Crippen LogP contribution in [0.2, 0.25) is 0 Å². The number of thioether (sulfide) groups is 6. The number of rotatable bonds is 2. The smallest absolute Gasteiger partial charge is 0.323 e. The molecule has 0 radical (unpaired) electrons. The van der Waals surface area contributed by atoms with Crippen molar-refractivity contribution in [2.24, 2.45) is 0 Å². The molecule has 2 aliphatic rings. The Morgan fingerprint density at radius 2 is 0.674 bits per heavy atom. The summed E-state index contributed by atoms with van der Waals surface area (Å²) >= 11 is 11.5. The van der Waals surface area contributed by atoms with Crippen molar-refractivity contribution >= 4 is 94.4 Å². The van der Waals surface area contributed by atoms with Crippen LogP contribution in [0.5, 0.6) is 0 Å². The van der Waals surface area contributed by atoms with E-state index in [1.165, 1.54) is 23.0 Å². The van der Waals surface area contributed by atoms with Gasteiger partial charge in [0.05, 0.1) is 0 Å². The average Bonchev–Trinajstić information content (AvgIpc) is 3.06. The molecule has 0 bridgehead atoms. The lowest BCUT2D eigenvalue weighted by atomic mass is 10.2. The van der Waals surface area contributed by atoms with Gasteiger partial charge in [0, 0.05) is 106 Å². The number of amides is 6. The van der Waals surface area contributed by atoms with Gasteiger partial charge >= 0.3 is 12.1 Å². The fourth-order valence-corrected chi connectivity index (χ4v) is 10.5. The highest BCUT2D eigenvalue weighted by Crippen LogP contribution is 2.14. The molecule has 2 aromatic carbocycles. The third-order valence-corrected chi connectivity index (χ3v) is 13.5. The first-order valence-electron chi connectivity index (χ1n) is 15.3. The Morgan fingerprint density at radius 3 is 0.957 bits per heavy atom. The quantitative estimate of drug-likeness (QED) is 0.376. The molecule has 2 saturated heterocycles. The Kier molecular flexibility index (Phi) is 20.7. The van der Waals surface area contributed by atoms with E-state index in [2.05, 4.69) is 10.6 Å². The van der Waals surface area contributed by atoms with E-state index in [4.69, 9.17) is 0 Å². The van der Waals surface area contributed by atoms with Gasteiger partial charge in [-0.3, -0.25) is 20.2 Å². The lowest BCUT2D eigenvalue weighted by Crippen LogP contribution is -2.45. The lowest BCUT2D eigenvalue weighted by Gasteiger charge is -2.23. The van der Waals surface area contributed by atoms with E-state index in [-0.39, 0.29) is 23.9 Å². The van der Waals surface area contributed by atoms with Gasteiger partial charge in [0.25, 0.3) is 11.8 Å². The number of carbonyl (C=O) groups excluding carboxylic acids is 4.